The fraction of sp³-hybridized carbons (Fsp3) is 0.387. The van der Waals surface area contributed by atoms with Crippen molar-refractivity contribution in [3.63, 3.8) is 0 Å². The summed E-state index contributed by atoms with van der Waals surface area (Å²) in [5, 5.41) is 41.4. The molecule has 3 saturated heterocycles. The summed E-state index contributed by atoms with van der Waals surface area (Å²) in [6.07, 6.45) is 12.5. The van der Waals surface area contributed by atoms with Crippen LogP contribution in [0.3, 0.4) is 0 Å². The zero-order valence-electron chi connectivity index (χ0n) is 24.2. The van der Waals surface area contributed by atoms with Gasteiger partial charge >= 0.3 is 0 Å². The number of allylic oxidation sites excluding steroid dienone is 13. The van der Waals surface area contributed by atoms with Crippen molar-refractivity contribution in [2.75, 3.05) is 6.61 Å². The van der Waals surface area contributed by atoms with Gasteiger partial charge in [-0.05, 0) is 37.6 Å². The minimum atomic E-state index is -1.79. The number of nitrogens with two attached hydrogens (primary N) is 1. The van der Waals surface area contributed by atoms with E-state index in [1.807, 2.05) is 6.92 Å². The number of rotatable bonds is 11. The van der Waals surface area contributed by atoms with Crippen LogP contribution in [0.5, 0.6) is 0 Å². The Hall–Kier alpha value is -3.00. The molecule has 14 heteroatoms. The van der Waals surface area contributed by atoms with Gasteiger partial charge in [0.05, 0.1) is 24.5 Å². The van der Waals surface area contributed by atoms with Crippen LogP contribution in [0.2, 0.25) is 0 Å². The molecule has 0 saturated carbocycles. The van der Waals surface area contributed by atoms with Gasteiger partial charge in [0.2, 0.25) is 5.91 Å². The Labute approximate surface area is 275 Å². The van der Waals surface area contributed by atoms with E-state index in [0.29, 0.717) is 10.1 Å². The molecule has 0 bridgehead atoms. The van der Waals surface area contributed by atoms with Crippen molar-refractivity contribution < 1.29 is 44.3 Å². The molecule has 3 aliphatic rings. The minimum absolute atomic E-state index is 0.0532. The molecular formula is C31H35Cl3N2O9. The third kappa shape index (κ3) is 9.74. The van der Waals surface area contributed by atoms with E-state index < -0.39 is 72.5 Å². The number of hydrogen-bond donors (Lipinski definition) is 5. The average Bonchev–Trinajstić information content (AvgIpc) is 3.44. The molecule has 0 aromatic rings. The quantitative estimate of drug-likeness (QED) is 0.0719. The highest BCUT2D eigenvalue weighted by atomic mass is 35.5. The highest BCUT2D eigenvalue weighted by Gasteiger charge is 2.53. The molecule has 2 amide bonds. The average molecular weight is 686 g/mol. The molecule has 3 aliphatic heterocycles. The number of aliphatic hydroxyl groups excluding tert-OH is 4. The number of aliphatic hydroxyl groups is 4. The van der Waals surface area contributed by atoms with E-state index in [-0.39, 0.29) is 17.6 Å². The number of likely N-dealkylation sites (tertiary alicyclic amines) is 1. The Morgan fingerprint density at radius 1 is 0.978 bits per heavy atom. The van der Waals surface area contributed by atoms with Crippen molar-refractivity contribution in [1.82, 2.24) is 4.90 Å². The molecule has 0 spiro atoms. The number of nitrogens with zero attached hydrogens (tertiary/aromatic N) is 1. The standard InChI is InChI=1S/C31H35Cl3N2O9/c1-17-14-20(34)29(45-17)19(33)12-9-11-18(32)10-7-5-3-2-4-6-8-13-22(37)25-26(40)21(15-24(35)39)36(30(25)43)31-28(42)27(41)23(38)16-44-31/h2-13,17,20-21,23,27-29,31,37-38,41-42H,14-16H2,1H3,(H2,35,39)/b3-2+,6-4+,7-5+,11-9+,13-8+,18-10-,19-12-,25-22-/t17-,20+,21+,23-,27+,28-,29-,31-/m1/s1. The number of ether oxygens (including phenoxy) is 2. The van der Waals surface area contributed by atoms with Crippen molar-refractivity contribution >= 4 is 52.4 Å². The maximum absolute atomic E-state index is 13.1. The van der Waals surface area contributed by atoms with Gasteiger partial charge in [0.1, 0.15) is 41.8 Å². The third-order valence-corrected chi connectivity index (χ3v) is 7.96. The molecule has 6 N–H and O–H groups in total. The summed E-state index contributed by atoms with van der Waals surface area (Å²) >= 11 is 18.7. The normalized spacial score (nSPS) is 33.4. The zero-order chi connectivity index (χ0) is 33.3. The molecule has 3 rings (SSSR count). The Balaban J connectivity index is 1.58. The lowest BCUT2D eigenvalue weighted by Crippen LogP contribution is -2.61. The van der Waals surface area contributed by atoms with Crippen molar-refractivity contribution in [2.45, 2.75) is 67.9 Å². The summed E-state index contributed by atoms with van der Waals surface area (Å²) in [5.74, 6) is -3.54. The molecule has 11 nitrogen and oxygen atoms in total. The van der Waals surface area contributed by atoms with Crippen LogP contribution < -0.4 is 5.73 Å². The van der Waals surface area contributed by atoms with Gasteiger partial charge in [-0.1, -0.05) is 71.8 Å². The summed E-state index contributed by atoms with van der Waals surface area (Å²) in [7, 11) is 0. The lowest BCUT2D eigenvalue weighted by molar-refractivity contribution is -0.229. The molecule has 45 heavy (non-hydrogen) atoms. The fourth-order valence-electron chi connectivity index (χ4n) is 4.76. The number of carbonyl (C=O) groups excluding carboxylic acids is 3. The first-order valence-electron chi connectivity index (χ1n) is 13.9. The van der Waals surface area contributed by atoms with Gasteiger partial charge in [0.25, 0.3) is 5.91 Å². The van der Waals surface area contributed by atoms with Crippen molar-refractivity contribution in [3.8, 4) is 0 Å². The van der Waals surface area contributed by atoms with Gasteiger partial charge in [-0.25, -0.2) is 0 Å². The number of Topliss-reactive ketones (excluding diaryl/α,β-unsaturated/α-hetero) is 1. The monoisotopic (exact) mass is 684 g/mol. The highest BCUT2D eigenvalue weighted by molar-refractivity contribution is 6.32. The predicted octanol–water partition coefficient (Wildman–Crippen LogP) is 2.70. The van der Waals surface area contributed by atoms with Crippen LogP contribution >= 0.6 is 34.8 Å². The number of halogens is 3. The second-order valence-electron chi connectivity index (χ2n) is 10.4. The predicted molar refractivity (Wildman–Crippen MR) is 169 cm³/mol. The Morgan fingerprint density at radius 3 is 2.24 bits per heavy atom. The van der Waals surface area contributed by atoms with Gasteiger partial charge in [-0.15, -0.1) is 11.6 Å². The lowest BCUT2D eigenvalue weighted by Gasteiger charge is -2.41. The van der Waals surface area contributed by atoms with E-state index in [2.05, 4.69) is 0 Å². The van der Waals surface area contributed by atoms with Gasteiger partial charge in [-0.2, -0.15) is 0 Å². The third-order valence-electron chi connectivity index (χ3n) is 6.96. The topological polar surface area (TPSA) is 180 Å². The summed E-state index contributed by atoms with van der Waals surface area (Å²) in [6.45, 7) is 1.50. The second-order valence-corrected chi connectivity index (χ2v) is 11.8. The largest absolute Gasteiger partial charge is 0.507 e. The first-order chi connectivity index (χ1) is 21.3. The molecule has 0 aromatic heterocycles. The number of alkyl halides is 1. The number of primary amides is 1. The first kappa shape index (κ1) is 36.5. The smallest absolute Gasteiger partial charge is 0.264 e. The van der Waals surface area contributed by atoms with E-state index >= 15 is 0 Å². The Morgan fingerprint density at radius 2 is 1.62 bits per heavy atom. The van der Waals surface area contributed by atoms with Crippen LogP contribution in [-0.2, 0) is 23.9 Å². The summed E-state index contributed by atoms with van der Waals surface area (Å²) in [5.41, 5.74) is 4.61. The highest BCUT2D eigenvalue weighted by Crippen LogP contribution is 2.32. The summed E-state index contributed by atoms with van der Waals surface area (Å²) < 4.78 is 11.0. The van der Waals surface area contributed by atoms with E-state index in [0.717, 1.165) is 17.4 Å². The van der Waals surface area contributed by atoms with Crippen LogP contribution in [0, 0.1) is 0 Å². The molecule has 3 fully saturated rings. The van der Waals surface area contributed by atoms with E-state index in [9.17, 15) is 34.8 Å². The van der Waals surface area contributed by atoms with Crippen molar-refractivity contribution in [3.05, 3.63) is 94.3 Å². The number of ketones is 1. The molecule has 0 aromatic carbocycles. The number of carbonyl (C=O) groups is 3. The Kier molecular flexibility index (Phi) is 13.8. The molecule has 8 atom stereocenters. The van der Waals surface area contributed by atoms with Crippen LogP contribution in [0.4, 0.5) is 0 Å². The molecular weight excluding hydrogens is 651 g/mol. The Bertz CT molecular complexity index is 1370. The van der Waals surface area contributed by atoms with Gasteiger partial charge in [0, 0.05) is 10.1 Å². The van der Waals surface area contributed by atoms with Crippen LogP contribution in [-0.4, -0.2) is 97.7 Å². The molecule has 0 unspecified atom stereocenters. The van der Waals surface area contributed by atoms with Crippen LogP contribution in [0.15, 0.2) is 94.3 Å². The van der Waals surface area contributed by atoms with Gasteiger partial charge in [-0.3, -0.25) is 19.3 Å². The minimum Gasteiger partial charge on any atom is -0.507 e. The zero-order valence-corrected chi connectivity index (χ0v) is 26.4. The maximum atomic E-state index is 13.1. The lowest BCUT2D eigenvalue weighted by atomic mass is 10.0. The number of amides is 2. The molecule has 0 aliphatic carbocycles. The first-order valence-corrected chi connectivity index (χ1v) is 15.1. The second kappa shape index (κ2) is 17.1. The maximum Gasteiger partial charge on any atom is 0.264 e. The molecule has 244 valence electrons. The van der Waals surface area contributed by atoms with Gasteiger partial charge < -0.3 is 35.6 Å². The SMILES string of the molecule is C[C@@H]1C[C@H](Cl)[C@@H](/C(Cl)=C/C=C/C(Cl)=C/C=C/C=C/C=C/C=C/C(O)=C2\C(=O)[C@H](CC(N)=O)N([C@@H]3OC[C@@H](O)[C@H](O)[C@H]3O)C2=O)O1. The van der Waals surface area contributed by atoms with Crippen LogP contribution in [0.1, 0.15) is 19.8 Å². The van der Waals surface area contributed by atoms with E-state index in [1.54, 1.807) is 54.7 Å². The van der Waals surface area contributed by atoms with Crippen molar-refractivity contribution in [2.24, 2.45) is 5.73 Å². The summed E-state index contributed by atoms with van der Waals surface area (Å²) in [6, 6.07) is -1.48. The number of hydrogen-bond acceptors (Lipinski definition) is 9. The summed E-state index contributed by atoms with van der Waals surface area (Å²) in [4.78, 5) is 38.5. The van der Waals surface area contributed by atoms with E-state index in [4.69, 9.17) is 50.0 Å². The van der Waals surface area contributed by atoms with E-state index in [1.165, 1.54) is 12.2 Å². The fourth-order valence-corrected chi connectivity index (χ4v) is 5.70. The molecule has 3 heterocycles. The van der Waals surface area contributed by atoms with Crippen molar-refractivity contribution in [1.29, 1.82) is 0 Å². The molecule has 0 radical (unpaired) electrons. The van der Waals surface area contributed by atoms with Gasteiger partial charge in [0.15, 0.2) is 12.0 Å². The van der Waals surface area contributed by atoms with Crippen LogP contribution in [0.25, 0.3) is 0 Å².